The molecule has 2 N–H and O–H groups in total. The molecule has 1 aromatic carbocycles. The molecule has 122 valence electrons. The minimum atomic E-state index is -4.00. The number of sulfone groups is 1. The van der Waals surface area contributed by atoms with Crippen LogP contribution in [0.5, 0.6) is 0 Å². The first-order valence-corrected chi connectivity index (χ1v) is 9.86. The second kappa shape index (κ2) is 7.52. The predicted octanol–water partition coefficient (Wildman–Crippen LogP) is 0.465. The summed E-state index contributed by atoms with van der Waals surface area (Å²) in [7, 11) is -7.38. The van der Waals surface area contributed by atoms with Gasteiger partial charge in [-0.2, -0.15) is 4.72 Å². The first kappa shape index (κ1) is 18.3. The van der Waals surface area contributed by atoms with Gasteiger partial charge in [0.2, 0.25) is 10.0 Å². The third-order valence-corrected chi connectivity index (χ3v) is 4.71. The first-order chi connectivity index (χ1) is 10.1. The Hall–Kier alpha value is -1.71. The minimum Gasteiger partial charge on any atom is -0.480 e. The lowest BCUT2D eigenvalue weighted by Gasteiger charge is -2.12. The molecule has 0 aliphatic rings. The monoisotopic (exact) mass is 347 g/mol. The van der Waals surface area contributed by atoms with Crippen molar-refractivity contribution in [3.8, 4) is 0 Å². The Labute approximate surface area is 129 Å². The van der Waals surface area contributed by atoms with Crippen LogP contribution in [0.2, 0.25) is 0 Å². The van der Waals surface area contributed by atoms with Crippen LogP contribution < -0.4 is 4.72 Å². The topological polar surface area (TPSA) is 118 Å². The fourth-order valence-corrected chi connectivity index (χ4v) is 3.23. The van der Waals surface area contributed by atoms with E-state index >= 15 is 0 Å². The van der Waals surface area contributed by atoms with Crippen LogP contribution in [0.15, 0.2) is 35.7 Å². The maximum Gasteiger partial charge on any atom is 0.321 e. The second-order valence-electron chi connectivity index (χ2n) is 4.69. The molecule has 0 aliphatic heterocycles. The van der Waals surface area contributed by atoms with Crippen molar-refractivity contribution < 1.29 is 26.7 Å². The summed E-state index contributed by atoms with van der Waals surface area (Å²) in [6.45, 7) is 0. The fraction of sp³-hybridized carbons (Fsp3) is 0.308. The van der Waals surface area contributed by atoms with Gasteiger partial charge in [0.1, 0.15) is 15.9 Å². The highest BCUT2D eigenvalue weighted by Gasteiger charge is 2.23. The molecule has 1 unspecified atom stereocenters. The lowest BCUT2D eigenvalue weighted by molar-refractivity contribution is -0.139. The Morgan fingerprint density at radius 2 is 1.82 bits per heavy atom. The fourth-order valence-electron chi connectivity index (χ4n) is 1.53. The summed E-state index contributed by atoms with van der Waals surface area (Å²) in [5.74, 6) is -1.85. The minimum absolute atomic E-state index is 0.341. The molecule has 0 heterocycles. The lowest BCUT2D eigenvalue weighted by atomic mass is 10.2. The van der Waals surface area contributed by atoms with Gasteiger partial charge in [-0.15, -0.1) is 0 Å². The van der Waals surface area contributed by atoms with E-state index in [1.165, 1.54) is 6.08 Å². The van der Waals surface area contributed by atoms with Crippen LogP contribution in [0.3, 0.4) is 0 Å². The number of hydrogen-bond donors (Lipinski definition) is 2. The van der Waals surface area contributed by atoms with Gasteiger partial charge < -0.3 is 5.11 Å². The van der Waals surface area contributed by atoms with E-state index in [4.69, 9.17) is 5.11 Å². The van der Waals surface area contributed by atoms with Crippen molar-refractivity contribution in [1.29, 1.82) is 0 Å². The quantitative estimate of drug-likeness (QED) is 0.705. The molecule has 9 heteroatoms. The molecule has 0 amide bonds. The molecule has 0 aromatic heterocycles. The number of sulfonamides is 1. The number of nitrogens with one attached hydrogen (secondary N) is 1. The van der Waals surface area contributed by atoms with Crippen molar-refractivity contribution in [2.75, 3.05) is 12.0 Å². The van der Waals surface area contributed by atoms with Crippen LogP contribution in [-0.4, -0.2) is 46.0 Å². The van der Waals surface area contributed by atoms with Gasteiger partial charge in [0.05, 0.1) is 5.75 Å². The number of carbonyl (C=O) groups is 1. The molecule has 1 rings (SSSR count). The largest absolute Gasteiger partial charge is 0.480 e. The SMILES string of the molecule is CS(=O)(=O)CCC(NS(=O)(=O)C=Cc1ccccc1)C(=O)O. The van der Waals surface area contributed by atoms with Crippen molar-refractivity contribution in [3.63, 3.8) is 0 Å². The molecule has 0 saturated heterocycles. The normalized spacial score (nSPS) is 14.0. The highest BCUT2D eigenvalue weighted by molar-refractivity contribution is 7.92. The zero-order chi connectivity index (χ0) is 16.8. The summed E-state index contributed by atoms with van der Waals surface area (Å²) in [5, 5.41) is 9.82. The van der Waals surface area contributed by atoms with Crippen LogP contribution in [-0.2, 0) is 24.7 Å². The number of aliphatic carboxylic acids is 1. The molecular formula is C13H17NO6S2. The van der Waals surface area contributed by atoms with Gasteiger partial charge in [0.25, 0.3) is 0 Å². The highest BCUT2D eigenvalue weighted by Crippen LogP contribution is 2.05. The summed E-state index contributed by atoms with van der Waals surface area (Å²) in [6, 6.07) is 7.10. The maximum atomic E-state index is 11.8. The number of rotatable bonds is 8. The average molecular weight is 347 g/mol. The van der Waals surface area contributed by atoms with E-state index in [0.29, 0.717) is 5.56 Å². The third-order valence-electron chi connectivity index (χ3n) is 2.62. The Kier molecular flexibility index (Phi) is 6.27. The highest BCUT2D eigenvalue weighted by atomic mass is 32.2. The molecule has 0 radical (unpaired) electrons. The second-order valence-corrected chi connectivity index (χ2v) is 8.54. The molecule has 0 spiro atoms. The summed E-state index contributed by atoms with van der Waals surface area (Å²) in [4.78, 5) is 11.0. The van der Waals surface area contributed by atoms with E-state index < -0.39 is 37.6 Å². The van der Waals surface area contributed by atoms with Gasteiger partial charge in [0.15, 0.2) is 0 Å². The standard InChI is InChI=1S/C13H17NO6S2/c1-21(17,18)9-8-12(13(15)16)14-22(19,20)10-7-11-5-3-2-4-6-11/h2-7,10,12,14H,8-9H2,1H3,(H,15,16). The first-order valence-electron chi connectivity index (χ1n) is 6.25. The zero-order valence-corrected chi connectivity index (χ0v) is 13.5. The van der Waals surface area contributed by atoms with Crippen LogP contribution in [0.4, 0.5) is 0 Å². The molecule has 0 bridgehead atoms. The summed E-state index contributed by atoms with van der Waals surface area (Å²) >= 11 is 0. The van der Waals surface area contributed by atoms with E-state index in [-0.39, 0.29) is 6.42 Å². The molecule has 0 aliphatic carbocycles. The van der Waals surface area contributed by atoms with Crippen molar-refractivity contribution in [3.05, 3.63) is 41.3 Å². The Balaban J connectivity index is 2.79. The van der Waals surface area contributed by atoms with Gasteiger partial charge >= 0.3 is 5.97 Å². The molecule has 22 heavy (non-hydrogen) atoms. The van der Waals surface area contributed by atoms with E-state index in [0.717, 1.165) is 11.7 Å². The van der Waals surface area contributed by atoms with E-state index in [1.807, 2.05) is 4.72 Å². The summed E-state index contributed by atoms with van der Waals surface area (Å²) < 4.78 is 47.7. The Morgan fingerprint density at radius 1 is 1.23 bits per heavy atom. The molecule has 1 aromatic rings. The predicted molar refractivity (Wildman–Crippen MR) is 83.3 cm³/mol. The average Bonchev–Trinajstić information content (AvgIpc) is 2.41. The van der Waals surface area contributed by atoms with E-state index in [9.17, 15) is 21.6 Å². The van der Waals surface area contributed by atoms with Crippen molar-refractivity contribution in [1.82, 2.24) is 4.72 Å². The molecule has 0 fully saturated rings. The van der Waals surface area contributed by atoms with Crippen LogP contribution in [0.25, 0.3) is 6.08 Å². The molecule has 1 atom stereocenters. The van der Waals surface area contributed by atoms with Crippen LogP contribution in [0.1, 0.15) is 12.0 Å². The zero-order valence-electron chi connectivity index (χ0n) is 11.8. The molecular weight excluding hydrogens is 330 g/mol. The van der Waals surface area contributed by atoms with Gasteiger partial charge in [-0.05, 0) is 18.1 Å². The smallest absolute Gasteiger partial charge is 0.321 e. The summed E-state index contributed by atoms with van der Waals surface area (Å²) in [5.41, 5.74) is 0.635. The number of carboxylic acids is 1. The van der Waals surface area contributed by atoms with Crippen molar-refractivity contribution >= 4 is 31.9 Å². The van der Waals surface area contributed by atoms with Gasteiger partial charge in [-0.25, -0.2) is 16.8 Å². The van der Waals surface area contributed by atoms with Gasteiger partial charge in [0, 0.05) is 11.7 Å². The third kappa shape index (κ3) is 7.34. The number of carboxylic acid groups (broad SMARTS) is 1. The van der Waals surface area contributed by atoms with E-state index in [2.05, 4.69) is 0 Å². The maximum absolute atomic E-state index is 11.8. The summed E-state index contributed by atoms with van der Waals surface area (Å²) in [6.07, 6.45) is 1.93. The Morgan fingerprint density at radius 3 is 2.32 bits per heavy atom. The molecule has 0 saturated carbocycles. The number of benzene rings is 1. The van der Waals surface area contributed by atoms with Crippen LogP contribution >= 0.6 is 0 Å². The van der Waals surface area contributed by atoms with Gasteiger partial charge in [-0.3, -0.25) is 4.79 Å². The van der Waals surface area contributed by atoms with Crippen molar-refractivity contribution in [2.45, 2.75) is 12.5 Å². The van der Waals surface area contributed by atoms with Crippen molar-refractivity contribution in [2.24, 2.45) is 0 Å². The van der Waals surface area contributed by atoms with Gasteiger partial charge in [-0.1, -0.05) is 30.3 Å². The Bertz CT molecular complexity index is 738. The van der Waals surface area contributed by atoms with Crippen LogP contribution in [0, 0.1) is 0 Å². The molecule has 7 nitrogen and oxygen atoms in total. The lowest BCUT2D eigenvalue weighted by Crippen LogP contribution is -2.40. The van der Waals surface area contributed by atoms with E-state index in [1.54, 1.807) is 30.3 Å². The number of hydrogen-bond acceptors (Lipinski definition) is 5.